The zero-order chi connectivity index (χ0) is 23.8. The van der Waals surface area contributed by atoms with Crippen LogP contribution in [-0.2, 0) is 16.1 Å². The minimum Gasteiger partial charge on any atom is -0.496 e. The number of sulfonamides is 1. The summed E-state index contributed by atoms with van der Waals surface area (Å²) in [6, 6.07) is 4.38. The van der Waals surface area contributed by atoms with Gasteiger partial charge < -0.3 is 18.7 Å². The van der Waals surface area contributed by atoms with Gasteiger partial charge in [0, 0.05) is 12.4 Å². The Morgan fingerprint density at radius 1 is 1.03 bits per heavy atom. The Labute approximate surface area is 186 Å². The fourth-order valence-corrected chi connectivity index (χ4v) is 4.60. The second-order valence-electron chi connectivity index (χ2n) is 6.67. The lowest BCUT2D eigenvalue weighted by molar-refractivity contribution is -0.0483. The molecule has 0 amide bonds. The summed E-state index contributed by atoms with van der Waals surface area (Å²) in [5.41, 5.74) is -0.617. The molecule has 174 valence electrons. The van der Waals surface area contributed by atoms with Crippen molar-refractivity contribution in [1.82, 2.24) is 14.9 Å². The van der Waals surface area contributed by atoms with E-state index in [1.807, 2.05) is 0 Å². The lowest BCUT2D eigenvalue weighted by atomic mass is 10.1. The van der Waals surface area contributed by atoms with Crippen molar-refractivity contribution in [1.29, 1.82) is 0 Å². The smallest absolute Gasteiger partial charge is 0.370 e. The highest BCUT2D eigenvalue weighted by atomic mass is 32.2. The van der Waals surface area contributed by atoms with E-state index in [1.54, 1.807) is 6.07 Å². The number of methoxy groups -OCH3 is 3. The second kappa shape index (κ2) is 8.24. The fraction of sp³-hybridized carbons (Fsp3) is 0.200. The minimum absolute atomic E-state index is 0.0303. The molecule has 0 saturated heterocycles. The van der Waals surface area contributed by atoms with Crippen LogP contribution in [0.4, 0.5) is 14.6 Å². The van der Waals surface area contributed by atoms with Gasteiger partial charge in [-0.1, -0.05) is 11.2 Å². The Balaban J connectivity index is 1.81. The van der Waals surface area contributed by atoms with Crippen LogP contribution >= 0.6 is 0 Å². The van der Waals surface area contributed by atoms with E-state index in [0.717, 1.165) is 18.3 Å². The molecule has 0 bridgehead atoms. The molecule has 2 aromatic heterocycles. The number of ether oxygens (including phenoxy) is 3. The van der Waals surface area contributed by atoms with Gasteiger partial charge >= 0.3 is 6.05 Å². The molecule has 0 spiro atoms. The number of aromatic nitrogens is 3. The van der Waals surface area contributed by atoms with E-state index in [-0.39, 0.29) is 38.9 Å². The lowest BCUT2D eigenvalue weighted by Crippen LogP contribution is -2.25. The van der Waals surface area contributed by atoms with Gasteiger partial charge in [0.1, 0.15) is 22.6 Å². The first-order chi connectivity index (χ1) is 15.7. The van der Waals surface area contributed by atoms with Gasteiger partial charge in [-0.3, -0.25) is 4.72 Å². The highest BCUT2D eigenvalue weighted by molar-refractivity contribution is 7.93. The van der Waals surface area contributed by atoms with E-state index >= 15 is 0 Å². The molecule has 0 atom stereocenters. The third kappa shape index (κ3) is 3.80. The Morgan fingerprint density at radius 3 is 2.27 bits per heavy atom. The number of benzene rings is 2. The van der Waals surface area contributed by atoms with Gasteiger partial charge in [-0.25, -0.2) is 13.1 Å². The van der Waals surface area contributed by atoms with Crippen LogP contribution in [0.2, 0.25) is 0 Å². The quantitative estimate of drug-likeness (QED) is 0.408. The van der Waals surface area contributed by atoms with Crippen molar-refractivity contribution in [3.63, 3.8) is 0 Å². The second-order valence-corrected chi connectivity index (χ2v) is 8.29. The number of rotatable bonds is 8. The van der Waals surface area contributed by atoms with E-state index in [1.165, 1.54) is 45.7 Å². The van der Waals surface area contributed by atoms with Crippen molar-refractivity contribution in [3.8, 4) is 17.2 Å². The molecule has 4 aromatic rings. The van der Waals surface area contributed by atoms with Crippen molar-refractivity contribution in [2.24, 2.45) is 0 Å². The zero-order valence-electron chi connectivity index (χ0n) is 17.6. The van der Waals surface area contributed by atoms with Gasteiger partial charge in [0.05, 0.1) is 26.9 Å². The number of hydrogen-bond donors (Lipinski definition) is 1. The van der Waals surface area contributed by atoms with E-state index in [2.05, 4.69) is 15.0 Å². The van der Waals surface area contributed by atoms with Crippen molar-refractivity contribution in [2.75, 3.05) is 26.1 Å². The molecule has 10 nitrogen and oxygen atoms in total. The summed E-state index contributed by atoms with van der Waals surface area (Å²) in [7, 11) is -0.432. The maximum Gasteiger partial charge on any atom is 0.370 e. The molecule has 1 N–H and O–H groups in total. The van der Waals surface area contributed by atoms with E-state index < -0.39 is 21.6 Å². The van der Waals surface area contributed by atoms with Gasteiger partial charge in [0.2, 0.25) is 0 Å². The molecule has 33 heavy (non-hydrogen) atoms. The summed E-state index contributed by atoms with van der Waals surface area (Å²) >= 11 is 0. The van der Waals surface area contributed by atoms with E-state index in [9.17, 15) is 17.2 Å². The number of nitrogens with one attached hydrogen (secondary N) is 1. The van der Waals surface area contributed by atoms with Crippen molar-refractivity contribution in [3.05, 3.63) is 54.4 Å². The first-order valence-electron chi connectivity index (χ1n) is 9.32. The van der Waals surface area contributed by atoms with Crippen molar-refractivity contribution in [2.45, 2.75) is 10.9 Å². The summed E-state index contributed by atoms with van der Waals surface area (Å²) in [6.45, 7) is 0. The molecule has 0 unspecified atom stereocenters. The third-order valence-corrected chi connectivity index (χ3v) is 6.18. The zero-order valence-corrected chi connectivity index (χ0v) is 18.4. The molecule has 2 aromatic carbocycles. The average molecular weight is 480 g/mol. The molecule has 0 radical (unpaired) electrons. The number of anilines is 1. The normalized spacial score (nSPS) is 12.0. The summed E-state index contributed by atoms with van der Waals surface area (Å²) in [6.07, 6.45) is 2.33. The predicted octanol–water partition coefficient (Wildman–Crippen LogP) is 3.45. The summed E-state index contributed by atoms with van der Waals surface area (Å²) < 4.78 is 79.5. The molecule has 0 aliphatic carbocycles. The Morgan fingerprint density at radius 2 is 1.70 bits per heavy atom. The molecule has 0 aliphatic heterocycles. The van der Waals surface area contributed by atoms with Crippen LogP contribution in [0.25, 0.3) is 11.0 Å². The molecular weight excluding hydrogens is 462 g/mol. The Bertz CT molecular complexity index is 1380. The largest absolute Gasteiger partial charge is 0.496 e. The van der Waals surface area contributed by atoms with Crippen LogP contribution in [0.3, 0.4) is 0 Å². The van der Waals surface area contributed by atoms with Gasteiger partial charge in [-0.2, -0.15) is 13.9 Å². The average Bonchev–Trinajstić information content (AvgIpc) is 3.48. The molecule has 0 fully saturated rings. The minimum atomic E-state index is -4.30. The molecule has 0 saturated carbocycles. The van der Waals surface area contributed by atoms with Gasteiger partial charge in [-0.05, 0) is 30.3 Å². The standard InChI is InChI=1S/C20H18F2N4O6S/c1-29-13-6-4-7-14(30-2)18(13)33(27,28)25-19-17-15(31-3)10-12(11-16(17)32-24-19)20(21,22)26-9-5-8-23-26/h4-11H,1-3H3,(H,24,25). The summed E-state index contributed by atoms with van der Waals surface area (Å²) in [4.78, 5) is -0.271. The first kappa shape index (κ1) is 22.3. The number of halogens is 2. The van der Waals surface area contributed by atoms with Crippen LogP contribution in [0.15, 0.2) is 58.2 Å². The fourth-order valence-electron chi connectivity index (χ4n) is 3.27. The van der Waals surface area contributed by atoms with Gasteiger partial charge in [0.25, 0.3) is 10.0 Å². The van der Waals surface area contributed by atoms with E-state index in [0.29, 0.717) is 4.68 Å². The maximum atomic E-state index is 14.9. The number of nitrogens with zero attached hydrogens (tertiary/aromatic N) is 3. The molecule has 13 heteroatoms. The van der Waals surface area contributed by atoms with Crippen LogP contribution in [0.5, 0.6) is 17.2 Å². The molecule has 2 heterocycles. The maximum absolute atomic E-state index is 14.9. The topological polar surface area (TPSA) is 118 Å². The van der Waals surface area contributed by atoms with E-state index in [4.69, 9.17) is 18.7 Å². The van der Waals surface area contributed by atoms with Crippen molar-refractivity contribution < 1.29 is 35.9 Å². The van der Waals surface area contributed by atoms with Crippen LogP contribution in [0, 0.1) is 0 Å². The molecular formula is C20H18F2N4O6S. The number of fused-ring (bicyclic) bond motifs is 1. The van der Waals surface area contributed by atoms with Gasteiger partial charge in [0.15, 0.2) is 16.3 Å². The monoisotopic (exact) mass is 480 g/mol. The number of alkyl halides is 2. The first-order valence-corrected chi connectivity index (χ1v) is 10.8. The van der Waals surface area contributed by atoms with Crippen LogP contribution in [-0.4, -0.2) is 44.7 Å². The van der Waals surface area contributed by atoms with Crippen LogP contribution < -0.4 is 18.9 Å². The van der Waals surface area contributed by atoms with Crippen molar-refractivity contribution >= 4 is 26.8 Å². The third-order valence-electron chi connectivity index (χ3n) is 4.78. The van der Waals surface area contributed by atoms with Crippen LogP contribution in [0.1, 0.15) is 5.56 Å². The molecule has 0 aliphatic rings. The number of hydrogen-bond acceptors (Lipinski definition) is 8. The Hall–Kier alpha value is -3.87. The lowest BCUT2D eigenvalue weighted by Gasteiger charge is -2.18. The molecule has 4 rings (SSSR count). The highest BCUT2D eigenvalue weighted by Gasteiger charge is 2.37. The SMILES string of the molecule is COc1cccc(OC)c1S(=O)(=O)Nc1noc2cc(C(F)(F)n3cccn3)cc(OC)c12. The Kier molecular flexibility index (Phi) is 5.57. The summed E-state index contributed by atoms with van der Waals surface area (Å²) in [5.74, 6) is -0.283. The highest BCUT2D eigenvalue weighted by Crippen LogP contribution is 2.41. The predicted molar refractivity (Wildman–Crippen MR) is 112 cm³/mol. The van der Waals surface area contributed by atoms with Gasteiger partial charge in [-0.15, -0.1) is 0 Å². The summed E-state index contributed by atoms with van der Waals surface area (Å²) in [5, 5.41) is 7.35.